The summed E-state index contributed by atoms with van der Waals surface area (Å²) in [7, 11) is 1.31. The number of hydrogen-bond acceptors (Lipinski definition) is 7. The SMILES string of the molecule is COC(=O)c1ccc(OC(=O)COc2ccc(C3SCCCS3)cc2)cc1. The zero-order chi connectivity index (χ0) is 19.1. The van der Waals surface area contributed by atoms with Crippen molar-refractivity contribution < 1.29 is 23.8 Å². The standard InChI is InChI=1S/C20H20O5S2/c1-23-19(22)14-3-9-17(10-4-14)25-18(21)13-24-16-7-5-15(6-8-16)20-26-11-2-12-27-20/h3-10,20H,2,11-13H2,1H3. The highest BCUT2D eigenvalue weighted by Crippen LogP contribution is 2.43. The number of benzene rings is 2. The topological polar surface area (TPSA) is 61.8 Å². The summed E-state index contributed by atoms with van der Waals surface area (Å²) in [5.41, 5.74) is 1.66. The molecule has 0 radical (unpaired) electrons. The van der Waals surface area contributed by atoms with Gasteiger partial charge in [-0.05, 0) is 59.9 Å². The van der Waals surface area contributed by atoms with E-state index in [1.165, 1.54) is 42.7 Å². The molecule has 1 saturated heterocycles. The molecule has 0 atom stereocenters. The second-order valence-electron chi connectivity index (χ2n) is 5.77. The summed E-state index contributed by atoms with van der Waals surface area (Å²) in [4.78, 5) is 23.3. The van der Waals surface area contributed by atoms with Gasteiger partial charge in [-0.15, -0.1) is 23.5 Å². The molecule has 0 saturated carbocycles. The lowest BCUT2D eigenvalue weighted by molar-refractivity contribution is -0.136. The van der Waals surface area contributed by atoms with Gasteiger partial charge in [0.1, 0.15) is 11.5 Å². The summed E-state index contributed by atoms with van der Waals surface area (Å²) in [6, 6.07) is 14.0. The minimum Gasteiger partial charge on any atom is -0.482 e. The Bertz CT molecular complexity index is 768. The van der Waals surface area contributed by atoms with Crippen molar-refractivity contribution >= 4 is 35.5 Å². The number of carbonyl (C=O) groups excluding carboxylic acids is 2. The third kappa shape index (κ3) is 5.68. The molecule has 7 heteroatoms. The zero-order valence-corrected chi connectivity index (χ0v) is 16.5. The number of methoxy groups -OCH3 is 1. The first-order valence-electron chi connectivity index (χ1n) is 8.51. The van der Waals surface area contributed by atoms with Crippen LogP contribution in [0.25, 0.3) is 0 Å². The van der Waals surface area contributed by atoms with E-state index in [4.69, 9.17) is 9.47 Å². The molecule has 0 bridgehead atoms. The van der Waals surface area contributed by atoms with Crippen LogP contribution in [0.5, 0.6) is 11.5 Å². The van der Waals surface area contributed by atoms with Gasteiger partial charge in [-0.3, -0.25) is 0 Å². The lowest BCUT2D eigenvalue weighted by Crippen LogP contribution is -2.17. The van der Waals surface area contributed by atoms with Crippen LogP contribution < -0.4 is 9.47 Å². The van der Waals surface area contributed by atoms with E-state index >= 15 is 0 Å². The Morgan fingerprint density at radius 2 is 1.59 bits per heavy atom. The molecule has 0 aliphatic carbocycles. The largest absolute Gasteiger partial charge is 0.482 e. The van der Waals surface area contributed by atoms with Crippen LogP contribution in [0.1, 0.15) is 26.9 Å². The van der Waals surface area contributed by atoms with E-state index in [2.05, 4.69) is 4.74 Å². The second kappa shape index (κ2) is 9.71. The Labute approximate surface area is 166 Å². The molecule has 0 N–H and O–H groups in total. The predicted molar refractivity (Wildman–Crippen MR) is 108 cm³/mol. The van der Waals surface area contributed by atoms with Crippen LogP contribution in [-0.4, -0.2) is 37.2 Å². The van der Waals surface area contributed by atoms with Gasteiger partial charge >= 0.3 is 11.9 Å². The molecule has 27 heavy (non-hydrogen) atoms. The van der Waals surface area contributed by atoms with Crippen molar-refractivity contribution in [3.63, 3.8) is 0 Å². The van der Waals surface area contributed by atoms with Crippen LogP contribution in [0.2, 0.25) is 0 Å². The average molecular weight is 405 g/mol. The van der Waals surface area contributed by atoms with Gasteiger partial charge in [-0.25, -0.2) is 9.59 Å². The Morgan fingerprint density at radius 3 is 2.22 bits per heavy atom. The van der Waals surface area contributed by atoms with E-state index in [1.54, 1.807) is 12.1 Å². The van der Waals surface area contributed by atoms with Crippen LogP contribution in [0.15, 0.2) is 48.5 Å². The number of ether oxygens (including phenoxy) is 3. The fourth-order valence-electron chi connectivity index (χ4n) is 2.48. The molecule has 0 spiro atoms. The number of hydrogen-bond donors (Lipinski definition) is 0. The van der Waals surface area contributed by atoms with E-state index in [1.807, 2.05) is 47.8 Å². The fourth-order valence-corrected chi connectivity index (χ4v) is 5.38. The normalized spacial score (nSPS) is 14.4. The Morgan fingerprint density at radius 1 is 0.963 bits per heavy atom. The number of esters is 2. The molecular weight excluding hydrogens is 384 g/mol. The second-order valence-corrected chi connectivity index (χ2v) is 8.50. The van der Waals surface area contributed by atoms with Gasteiger partial charge in [-0.1, -0.05) is 12.1 Å². The highest BCUT2D eigenvalue weighted by molar-refractivity contribution is 8.16. The summed E-state index contributed by atoms with van der Waals surface area (Å²) >= 11 is 3.93. The average Bonchev–Trinajstić information content (AvgIpc) is 2.73. The maximum absolute atomic E-state index is 11.9. The van der Waals surface area contributed by atoms with Gasteiger partial charge in [0.25, 0.3) is 0 Å². The van der Waals surface area contributed by atoms with E-state index in [-0.39, 0.29) is 6.61 Å². The van der Waals surface area contributed by atoms with Crippen LogP contribution in [0.3, 0.4) is 0 Å². The van der Waals surface area contributed by atoms with Crippen LogP contribution in [0.4, 0.5) is 0 Å². The summed E-state index contributed by atoms with van der Waals surface area (Å²) in [5, 5.41) is 0. The molecule has 2 aromatic rings. The molecule has 0 unspecified atom stereocenters. The lowest BCUT2D eigenvalue weighted by Gasteiger charge is -2.21. The molecule has 0 aromatic heterocycles. The quantitative estimate of drug-likeness (QED) is 0.525. The van der Waals surface area contributed by atoms with Crippen LogP contribution >= 0.6 is 23.5 Å². The van der Waals surface area contributed by atoms with E-state index < -0.39 is 11.9 Å². The van der Waals surface area contributed by atoms with Crippen molar-refractivity contribution in [2.75, 3.05) is 25.2 Å². The van der Waals surface area contributed by atoms with E-state index in [9.17, 15) is 9.59 Å². The maximum atomic E-state index is 11.9. The summed E-state index contributed by atoms with van der Waals surface area (Å²) in [6.07, 6.45) is 1.26. The minimum atomic E-state index is -0.511. The molecule has 1 fully saturated rings. The number of thioether (sulfide) groups is 2. The van der Waals surface area contributed by atoms with Gasteiger partial charge in [-0.2, -0.15) is 0 Å². The summed E-state index contributed by atoms with van der Waals surface area (Å²) < 4.78 is 15.8. The fraction of sp³-hybridized carbons (Fsp3) is 0.300. The first kappa shape index (κ1) is 19.6. The Kier molecular flexibility index (Phi) is 7.06. The molecule has 1 heterocycles. The van der Waals surface area contributed by atoms with Crippen molar-refractivity contribution in [3.05, 3.63) is 59.7 Å². The first-order valence-corrected chi connectivity index (χ1v) is 10.6. The monoisotopic (exact) mass is 404 g/mol. The van der Waals surface area contributed by atoms with E-state index in [0.29, 0.717) is 21.6 Å². The Hall–Kier alpha value is -2.12. The molecule has 5 nitrogen and oxygen atoms in total. The molecular formula is C20H20O5S2. The van der Waals surface area contributed by atoms with Gasteiger partial charge < -0.3 is 14.2 Å². The van der Waals surface area contributed by atoms with Crippen molar-refractivity contribution in [1.29, 1.82) is 0 Å². The van der Waals surface area contributed by atoms with Crippen LogP contribution in [-0.2, 0) is 9.53 Å². The Balaban J connectivity index is 1.48. The highest BCUT2D eigenvalue weighted by Gasteiger charge is 2.16. The molecule has 2 aromatic carbocycles. The van der Waals surface area contributed by atoms with Gasteiger partial charge in [0.2, 0.25) is 0 Å². The maximum Gasteiger partial charge on any atom is 0.349 e. The highest BCUT2D eigenvalue weighted by atomic mass is 32.2. The third-order valence-corrected chi connectivity index (χ3v) is 6.86. The van der Waals surface area contributed by atoms with E-state index in [0.717, 1.165) is 0 Å². The van der Waals surface area contributed by atoms with Crippen molar-refractivity contribution in [2.45, 2.75) is 11.0 Å². The number of carbonyl (C=O) groups is 2. The van der Waals surface area contributed by atoms with Gasteiger partial charge in [0.15, 0.2) is 6.61 Å². The minimum absolute atomic E-state index is 0.189. The molecule has 0 amide bonds. The lowest BCUT2D eigenvalue weighted by atomic mass is 10.2. The number of rotatable bonds is 6. The predicted octanol–water partition coefficient (Wildman–Crippen LogP) is 4.33. The van der Waals surface area contributed by atoms with Crippen LogP contribution in [0, 0.1) is 0 Å². The van der Waals surface area contributed by atoms with Gasteiger partial charge in [0.05, 0.1) is 17.3 Å². The summed E-state index contributed by atoms with van der Waals surface area (Å²) in [5.74, 6) is 2.42. The van der Waals surface area contributed by atoms with Crippen molar-refractivity contribution in [2.24, 2.45) is 0 Å². The molecule has 142 valence electrons. The first-order chi connectivity index (χ1) is 13.2. The molecule has 1 aliphatic heterocycles. The summed E-state index contributed by atoms with van der Waals surface area (Å²) in [6.45, 7) is -0.189. The smallest absolute Gasteiger partial charge is 0.349 e. The zero-order valence-electron chi connectivity index (χ0n) is 14.9. The van der Waals surface area contributed by atoms with Crippen molar-refractivity contribution in [1.82, 2.24) is 0 Å². The van der Waals surface area contributed by atoms with Gasteiger partial charge in [0, 0.05) is 0 Å². The molecule has 3 rings (SSSR count). The molecule has 1 aliphatic rings. The third-order valence-electron chi connectivity index (χ3n) is 3.84. The van der Waals surface area contributed by atoms with Crippen molar-refractivity contribution in [3.8, 4) is 11.5 Å².